The molecule has 4 atom stereocenters. The van der Waals surface area contributed by atoms with Crippen LogP contribution >= 0.6 is 0 Å². The van der Waals surface area contributed by atoms with Crippen LogP contribution in [0.1, 0.15) is 25.0 Å². The molecule has 2 aliphatic heterocycles. The minimum absolute atomic E-state index is 0.147. The molecule has 4 N–H and O–H groups in total. The molecule has 226 valence electrons. The third kappa shape index (κ3) is 8.75. The molecule has 2 heterocycles. The zero-order chi connectivity index (χ0) is 30.1. The van der Waals surface area contributed by atoms with E-state index in [1.165, 1.54) is 6.92 Å². The lowest BCUT2D eigenvalue weighted by molar-refractivity contribution is -0.133. The summed E-state index contributed by atoms with van der Waals surface area (Å²) in [5, 5.41) is 9.94. The van der Waals surface area contributed by atoms with Crippen LogP contribution in [0.15, 0.2) is 54.6 Å². The normalized spacial score (nSPS) is 20.4. The van der Waals surface area contributed by atoms with Crippen molar-refractivity contribution >= 4 is 23.6 Å². The number of hydrogen-bond donors (Lipinski definition) is 4. The lowest BCUT2D eigenvalue weighted by Crippen LogP contribution is -2.59. The summed E-state index contributed by atoms with van der Waals surface area (Å²) >= 11 is 0. The number of rotatable bonds is 13. The Bertz CT molecular complexity index is 1230. The number of epoxide rings is 1. The van der Waals surface area contributed by atoms with Crippen molar-refractivity contribution in [3.63, 3.8) is 0 Å². The highest BCUT2D eigenvalue weighted by Gasteiger charge is 2.50. The van der Waals surface area contributed by atoms with Crippen molar-refractivity contribution in [3.05, 3.63) is 65.7 Å². The van der Waals surface area contributed by atoms with Crippen molar-refractivity contribution in [1.82, 2.24) is 26.4 Å². The van der Waals surface area contributed by atoms with Crippen LogP contribution in [0.25, 0.3) is 0 Å². The molecule has 2 aromatic rings. The molecule has 3 unspecified atom stereocenters. The van der Waals surface area contributed by atoms with Crippen molar-refractivity contribution in [2.24, 2.45) is 0 Å². The summed E-state index contributed by atoms with van der Waals surface area (Å²) in [5.74, 6) is -0.657. The predicted octanol–water partition coefficient (Wildman–Crippen LogP) is 0.743. The molecule has 2 saturated heterocycles. The highest BCUT2D eigenvalue weighted by Crippen LogP contribution is 2.29. The molecule has 12 nitrogen and oxygen atoms in total. The van der Waals surface area contributed by atoms with Gasteiger partial charge in [0.25, 0.3) is 0 Å². The van der Waals surface area contributed by atoms with E-state index in [1.807, 2.05) is 30.3 Å². The molecule has 0 radical (unpaired) electrons. The minimum atomic E-state index is -1.03. The van der Waals surface area contributed by atoms with Gasteiger partial charge in [-0.3, -0.25) is 19.8 Å². The van der Waals surface area contributed by atoms with Gasteiger partial charge in [-0.2, -0.15) is 0 Å². The van der Waals surface area contributed by atoms with Crippen molar-refractivity contribution < 1.29 is 33.4 Å². The number of nitrogens with zero attached hydrogens (tertiary/aromatic N) is 1. The Hall–Kier alpha value is -4.00. The van der Waals surface area contributed by atoms with E-state index in [1.54, 1.807) is 43.3 Å². The van der Waals surface area contributed by atoms with E-state index >= 15 is 0 Å². The summed E-state index contributed by atoms with van der Waals surface area (Å²) in [4.78, 5) is 52.7. The largest absolute Gasteiger partial charge is 0.497 e. The first-order valence-electron chi connectivity index (χ1n) is 14.0. The Labute approximate surface area is 245 Å². The molecule has 4 amide bonds. The SMILES string of the molecule is COc1ccc(CC(NC(=O)C(C)NC(=O)NN2CCOCC2)C(=O)NC(Cc2ccccc2)C(=O)[C@@]2(C)CO2)cc1. The molecule has 0 aliphatic carbocycles. The highest BCUT2D eigenvalue weighted by atomic mass is 16.6. The summed E-state index contributed by atoms with van der Waals surface area (Å²) in [6.07, 6.45) is 0.418. The minimum Gasteiger partial charge on any atom is -0.497 e. The van der Waals surface area contributed by atoms with Crippen LogP contribution in [-0.4, -0.2) is 92.4 Å². The zero-order valence-corrected chi connectivity index (χ0v) is 24.2. The van der Waals surface area contributed by atoms with Crippen molar-refractivity contribution in [2.75, 3.05) is 40.0 Å². The third-order valence-electron chi connectivity index (χ3n) is 7.26. The van der Waals surface area contributed by atoms with Gasteiger partial charge in [0.1, 0.15) is 23.4 Å². The number of carbonyl (C=O) groups is 4. The quantitative estimate of drug-likeness (QED) is 0.253. The van der Waals surface area contributed by atoms with Gasteiger partial charge < -0.3 is 30.2 Å². The molecule has 0 aromatic heterocycles. The van der Waals surface area contributed by atoms with Gasteiger partial charge in [-0.1, -0.05) is 42.5 Å². The van der Waals surface area contributed by atoms with Gasteiger partial charge in [0, 0.05) is 19.5 Å². The number of urea groups is 1. The Kier molecular flexibility index (Phi) is 10.5. The number of ketones is 1. The summed E-state index contributed by atoms with van der Waals surface area (Å²) < 4.78 is 15.9. The van der Waals surface area contributed by atoms with Gasteiger partial charge in [-0.25, -0.2) is 9.80 Å². The van der Waals surface area contributed by atoms with E-state index in [0.717, 1.165) is 11.1 Å². The number of benzene rings is 2. The highest BCUT2D eigenvalue weighted by molar-refractivity contribution is 5.98. The summed E-state index contributed by atoms with van der Waals surface area (Å²) in [6.45, 7) is 5.58. The van der Waals surface area contributed by atoms with Crippen LogP contribution in [0.5, 0.6) is 5.75 Å². The summed E-state index contributed by atoms with van der Waals surface area (Å²) in [6, 6.07) is 13.1. The maximum absolute atomic E-state index is 13.7. The fourth-order valence-corrected chi connectivity index (χ4v) is 4.57. The van der Waals surface area contributed by atoms with E-state index in [9.17, 15) is 19.2 Å². The van der Waals surface area contributed by atoms with E-state index in [0.29, 0.717) is 32.1 Å². The first-order valence-corrected chi connectivity index (χ1v) is 14.0. The Balaban J connectivity index is 1.46. The summed E-state index contributed by atoms with van der Waals surface area (Å²) in [7, 11) is 1.56. The molecule has 12 heteroatoms. The number of ether oxygens (including phenoxy) is 3. The Morgan fingerprint density at radius 3 is 2.10 bits per heavy atom. The number of hydrogen-bond acceptors (Lipinski definition) is 8. The number of amides is 4. The molecule has 0 saturated carbocycles. The maximum Gasteiger partial charge on any atom is 0.329 e. The first kappa shape index (κ1) is 30.9. The molecular weight excluding hydrogens is 542 g/mol. The fraction of sp³-hybridized carbons (Fsp3) is 0.467. The van der Waals surface area contributed by atoms with Crippen LogP contribution in [0, 0.1) is 0 Å². The second-order valence-corrected chi connectivity index (χ2v) is 10.7. The molecule has 0 bridgehead atoms. The Morgan fingerprint density at radius 2 is 1.48 bits per heavy atom. The van der Waals surface area contributed by atoms with Gasteiger partial charge in [0.15, 0.2) is 5.78 Å². The number of methoxy groups -OCH3 is 1. The number of Topliss-reactive ketones (excluding diaryl/α,β-unsaturated/α-hetero) is 1. The number of nitrogens with one attached hydrogen (secondary N) is 4. The van der Waals surface area contributed by atoms with E-state index in [-0.39, 0.29) is 25.2 Å². The van der Waals surface area contributed by atoms with Crippen LogP contribution in [0.3, 0.4) is 0 Å². The van der Waals surface area contributed by atoms with Gasteiger partial charge in [-0.15, -0.1) is 0 Å². The van der Waals surface area contributed by atoms with Gasteiger partial charge in [-0.05, 0) is 43.5 Å². The van der Waals surface area contributed by atoms with Crippen LogP contribution in [0.2, 0.25) is 0 Å². The molecule has 2 aliphatic rings. The average molecular weight is 582 g/mol. The van der Waals surface area contributed by atoms with Gasteiger partial charge in [0.2, 0.25) is 11.8 Å². The lowest BCUT2D eigenvalue weighted by atomic mass is 9.94. The van der Waals surface area contributed by atoms with Crippen molar-refractivity contribution in [3.8, 4) is 5.75 Å². The van der Waals surface area contributed by atoms with E-state index in [4.69, 9.17) is 14.2 Å². The standard InChI is InChI=1S/C30H39N5O7/c1-20(31-29(39)34-35-13-15-41-16-14-35)27(37)33-25(18-22-9-11-23(40-3)12-10-22)28(38)32-24(26(36)30(2)19-42-30)17-21-7-5-4-6-8-21/h4-12,20,24-25H,13-19H2,1-3H3,(H,32,38)(H,33,37)(H2,31,34,39)/t20?,24?,25?,30-/m1/s1. The fourth-order valence-electron chi connectivity index (χ4n) is 4.57. The number of carbonyl (C=O) groups excluding carboxylic acids is 4. The van der Waals surface area contributed by atoms with Crippen LogP contribution < -0.4 is 26.1 Å². The van der Waals surface area contributed by atoms with E-state index < -0.39 is 41.6 Å². The van der Waals surface area contributed by atoms with Crippen LogP contribution in [-0.2, 0) is 36.7 Å². The zero-order valence-electron chi connectivity index (χ0n) is 24.2. The smallest absolute Gasteiger partial charge is 0.329 e. The molecule has 2 aromatic carbocycles. The number of morpholine rings is 1. The maximum atomic E-state index is 13.7. The summed E-state index contributed by atoms with van der Waals surface area (Å²) in [5.41, 5.74) is 3.39. The van der Waals surface area contributed by atoms with Crippen LogP contribution in [0.4, 0.5) is 4.79 Å². The second kappa shape index (κ2) is 14.3. The third-order valence-corrected chi connectivity index (χ3v) is 7.26. The van der Waals surface area contributed by atoms with Crippen molar-refractivity contribution in [2.45, 2.75) is 50.4 Å². The molecule has 4 rings (SSSR count). The number of hydrazine groups is 1. The average Bonchev–Trinajstić information content (AvgIpc) is 3.75. The second-order valence-electron chi connectivity index (χ2n) is 10.7. The predicted molar refractivity (Wildman–Crippen MR) is 154 cm³/mol. The Morgan fingerprint density at radius 1 is 0.881 bits per heavy atom. The molecule has 2 fully saturated rings. The first-order chi connectivity index (χ1) is 20.2. The molecular formula is C30H39N5O7. The molecule has 0 spiro atoms. The van der Waals surface area contributed by atoms with Crippen molar-refractivity contribution in [1.29, 1.82) is 0 Å². The van der Waals surface area contributed by atoms with Gasteiger partial charge in [0.05, 0.1) is 33.0 Å². The van der Waals surface area contributed by atoms with E-state index in [2.05, 4.69) is 21.4 Å². The molecule has 42 heavy (non-hydrogen) atoms. The topological polar surface area (TPSA) is 151 Å². The lowest BCUT2D eigenvalue weighted by Gasteiger charge is -2.28. The monoisotopic (exact) mass is 581 g/mol. The van der Waals surface area contributed by atoms with Gasteiger partial charge >= 0.3 is 6.03 Å².